The van der Waals surface area contributed by atoms with E-state index in [1.165, 1.54) is 0 Å². The van der Waals surface area contributed by atoms with Crippen molar-refractivity contribution in [2.45, 2.75) is 32.8 Å². The summed E-state index contributed by atoms with van der Waals surface area (Å²) in [5.41, 5.74) is 3.61. The standard InChI is InChI=1S/C20H26N2O3/c1-13(2)17-10-5-7-14(3)19(17)22-20(24)21-12-18(23)15-8-6-9-16(11-15)25-4/h5-11,13,18,23H,12H2,1-4H3,(H2,21,22,24). The van der Waals surface area contributed by atoms with Crippen molar-refractivity contribution in [3.63, 3.8) is 0 Å². The number of aliphatic hydroxyl groups is 1. The predicted octanol–water partition coefficient (Wildman–Crippen LogP) is 3.98. The molecular formula is C20H26N2O3. The fourth-order valence-corrected chi connectivity index (χ4v) is 2.66. The third-order valence-corrected chi connectivity index (χ3v) is 4.10. The van der Waals surface area contributed by atoms with Gasteiger partial charge in [-0.05, 0) is 41.7 Å². The van der Waals surface area contributed by atoms with Crippen LogP contribution in [0.4, 0.5) is 10.5 Å². The lowest BCUT2D eigenvalue weighted by atomic mass is 9.98. The van der Waals surface area contributed by atoms with Crippen molar-refractivity contribution in [1.29, 1.82) is 0 Å². The van der Waals surface area contributed by atoms with Crippen molar-refractivity contribution >= 4 is 11.7 Å². The highest BCUT2D eigenvalue weighted by atomic mass is 16.5. The summed E-state index contributed by atoms with van der Waals surface area (Å²) >= 11 is 0. The van der Waals surface area contributed by atoms with E-state index in [2.05, 4.69) is 24.5 Å². The molecule has 3 N–H and O–H groups in total. The van der Waals surface area contributed by atoms with Gasteiger partial charge >= 0.3 is 6.03 Å². The number of hydrogen-bond donors (Lipinski definition) is 3. The minimum atomic E-state index is -0.803. The largest absolute Gasteiger partial charge is 0.497 e. The van der Waals surface area contributed by atoms with Crippen molar-refractivity contribution in [3.8, 4) is 5.75 Å². The Balaban J connectivity index is 1.99. The summed E-state index contributed by atoms with van der Waals surface area (Å²) < 4.78 is 5.15. The molecule has 0 aliphatic rings. The average molecular weight is 342 g/mol. The zero-order chi connectivity index (χ0) is 18.4. The van der Waals surface area contributed by atoms with E-state index in [1.807, 2.05) is 31.2 Å². The van der Waals surface area contributed by atoms with Crippen LogP contribution in [0, 0.1) is 6.92 Å². The van der Waals surface area contributed by atoms with E-state index in [-0.39, 0.29) is 12.6 Å². The molecule has 5 nitrogen and oxygen atoms in total. The second-order valence-corrected chi connectivity index (χ2v) is 6.32. The molecule has 0 bridgehead atoms. The third-order valence-electron chi connectivity index (χ3n) is 4.10. The number of carbonyl (C=O) groups excluding carboxylic acids is 1. The maximum Gasteiger partial charge on any atom is 0.319 e. The number of carbonyl (C=O) groups is 1. The van der Waals surface area contributed by atoms with Crippen LogP contribution in [-0.2, 0) is 0 Å². The highest BCUT2D eigenvalue weighted by molar-refractivity contribution is 5.91. The molecule has 0 radical (unpaired) electrons. The summed E-state index contributed by atoms with van der Waals surface area (Å²) in [7, 11) is 1.58. The molecule has 2 aromatic carbocycles. The van der Waals surface area contributed by atoms with Gasteiger partial charge in [0, 0.05) is 12.2 Å². The number of ether oxygens (including phenoxy) is 1. The minimum absolute atomic E-state index is 0.113. The van der Waals surface area contributed by atoms with Gasteiger partial charge in [-0.1, -0.05) is 44.2 Å². The molecule has 1 unspecified atom stereocenters. The van der Waals surface area contributed by atoms with Crippen molar-refractivity contribution < 1.29 is 14.6 Å². The van der Waals surface area contributed by atoms with Crippen LogP contribution < -0.4 is 15.4 Å². The van der Waals surface area contributed by atoms with Crippen molar-refractivity contribution in [2.75, 3.05) is 19.0 Å². The monoisotopic (exact) mass is 342 g/mol. The number of aliphatic hydroxyl groups excluding tert-OH is 1. The molecule has 134 valence electrons. The summed E-state index contributed by atoms with van der Waals surface area (Å²) in [6.45, 7) is 6.25. The Bertz CT molecular complexity index is 729. The summed E-state index contributed by atoms with van der Waals surface area (Å²) in [5, 5.41) is 15.9. The van der Waals surface area contributed by atoms with Crippen LogP contribution in [0.25, 0.3) is 0 Å². The number of para-hydroxylation sites is 1. The second kappa shape index (κ2) is 8.53. The van der Waals surface area contributed by atoms with E-state index in [0.29, 0.717) is 17.2 Å². The number of methoxy groups -OCH3 is 1. The molecule has 25 heavy (non-hydrogen) atoms. The Kier molecular flexibility index (Phi) is 6.42. The molecular weight excluding hydrogens is 316 g/mol. The van der Waals surface area contributed by atoms with Gasteiger partial charge in [0.15, 0.2) is 0 Å². The lowest BCUT2D eigenvalue weighted by Gasteiger charge is -2.18. The summed E-state index contributed by atoms with van der Waals surface area (Å²) in [6.07, 6.45) is -0.803. The highest BCUT2D eigenvalue weighted by Crippen LogP contribution is 2.27. The van der Waals surface area contributed by atoms with Crippen molar-refractivity contribution in [1.82, 2.24) is 5.32 Å². The number of nitrogens with one attached hydrogen (secondary N) is 2. The first-order valence-corrected chi connectivity index (χ1v) is 8.38. The van der Waals surface area contributed by atoms with Gasteiger partial charge in [0.1, 0.15) is 5.75 Å². The minimum Gasteiger partial charge on any atom is -0.497 e. The van der Waals surface area contributed by atoms with E-state index in [1.54, 1.807) is 25.3 Å². The van der Waals surface area contributed by atoms with Gasteiger partial charge in [-0.2, -0.15) is 0 Å². The predicted molar refractivity (Wildman–Crippen MR) is 100 cm³/mol. The molecule has 0 aliphatic carbocycles. The van der Waals surface area contributed by atoms with Crippen LogP contribution >= 0.6 is 0 Å². The zero-order valence-electron chi connectivity index (χ0n) is 15.2. The van der Waals surface area contributed by atoms with E-state index in [9.17, 15) is 9.90 Å². The van der Waals surface area contributed by atoms with Gasteiger partial charge in [0.25, 0.3) is 0 Å². The van der Waals surface area contributed by atoms with E-state index in [4.69, 9.17) is 4.74 Å². The number of aryl methyl sites for hydroxylation is 1. The number of hydrogen-bond acceptors (Lipinski definition) is 3. The lowest BCUT2D eigenvalue weighted by Crippen LogP contribution is -2.33. The second-order valence-electron chi connectivity index (χ2n) is 6.32. The quantitative estimate of drug-likeness (QED) is 0.743. The molecule has 1 atom stereocenters. The maximum absolute atomic E-state index is 12.2. The maximum atomic E-state index is 12.2. The molecule has 0 heterocycles. The molecule has 2 aromatic rings. The van der Waals surface area contributed by atoms with Gasteiger partial charge in [0.2, 0.25) is 0 Å². The Hall–Kier alpha value is -2.53. The van der Waals surface area contributed by atoms with Crippen LogP contribution in [0.2, 0.25) is 0 Å². The SMILES string of the molecule is COc1cccc(C(O)CNC(=O)Nc2c(C)cccc2C(C)C)c1. The van der Waals surface area contributed by atoms with Gasteiger partial charge in [-0.25, -0.2) is 4.79 Å². The fourth-order valence-electron chi connectivity index (χ4n) is 2.66. The molecule has 0 aliphatic heterocycles. The molecule has 0 aromatic heterocycles. The van der Waals surface area contributed by atoms with Gasteiger partial charge in [0.05, 0.1) is 13.2 Å². The Morgan fingerprint density at radius 2 is 1.92 bits per heavy atom. The average Bonchev–Trinajstić information content (AvgIpc) is 2.61. The number of urea groups is 1. The van der Waals surface area contributed by atoms with E-state index >= 15 is 0 Å². The summed E-state index contributed by atoms with van der Waals surface area (Å²) in [4.78, 5) is 12.2. The summed E-state index contributed by atoms with van der Waals surface area (Å²) in [5.74, 6) is 0.972. The molecule has 5 heteroatoms. The number of rotatable bonds is 6. The van der Waals surface area contributed by atoms with Crippen LogP contribution in [-0.4, -0.2) is 24.8 Å². The van der Waals surface area contributed by atoms with Crippen LogP contribution in [0.5, 0.6) is 5.75 Å². The fraction of sp³-hybridized carbons (Fsp3) is 0.350. The Labute approximate surface area is 149 Å². The Morgan fingerprint density at radius 3 is 2.60 bits per heavy atom. The number of amides is 2. The van der Waals surface area contributed by atoms with Gasteiger partial charge in [-0.15, -0.1) is 0 Å². The molecule has 0 saturated heterocycles. The number of anilines is 1. The Morgan fingerprint density at radius 1 is 1.20 bits per heavy atom. The molecule has 0 spiro atoms. The number of benzene rings is 2. The smallest absolute Gasteiger partial charge is 0.319 e. The molecule has 0 saturated carbocycles. The molecule has 2 amide bonds. The van der Waals surface area contributed by atoms with Gasteiger partial charge in [-0.3, -0.25) is 0 Å². The van der Waals surface area contributed by atoms with E-state index in [0.717, 1.165) is 16.8 Å². The van der Waals surface area contributed by atoms with Gasteiger partial charge < -0.3 is 20.5 Å². The zero-order valence-corrected chi connectivity index (χ0v) is 15.2. The van der Waals surface area contributed by atoms with Crippen LogP contribution in [0.1, 0.15) is 42.6 Å². The first kappa shape index (κ1) is 18.8. The first-order valence-electron chi connectivity index (χ1n) is 8.38. The topological polar surface area (TPSA) is 70.6 Å². The van der Waals surface area contributed by atoms with Crippen molar-refractivity contribution in [3.05, 3.63) is 59.2 Å². The normalized spacial score (nSPS) is 11.9. The van der Waals surface area contributed by atoms with Crippen LogP contribution in [0.15, 0.2) is 42.5 Å². The lowest BCUT2D eigenvalue weighted by molar-refractivity contribution is 0.175. The van der Waals surface area contributed by atoms with Crippen LogP contribution in [0.3, 0.4) is 0 Å². The van der Waals surface area contributed by atoms with Crippen molar-refractivity contribution in [2.24, 2.45) is 0 Å². The van der Waals surface area contributed by atoms with E-state index < -0.39 is 6.10 Å². The first-order chi connectivity index (χ1) is 11.9. The molecule has 2 rings (SSSR count). The summed E-state index contributed by atoms with van der Waals surface area (Å²) in [6, 6.07) is 12.8. The highest BCUT2D eigenvalue weighted by Gasteiger charge is 2.14. The molecule has 0 fully saturated rings. The third kappa shape index (κ3) is 4.97.